The summed E-state index contributed by atoms with van der Waals surface area (Å²) >= 11 is 5.92. The molecule has 0 aliphatic rings. The van der Waals surface area contributed by atoms with Crippen LogP contribution in [0.2, 0.25) is 5.02 Å². The minimum Gasteiger partial charge on any atom is -0.507 e. The number of carbonyl (C=O) groups is 1. The number of nitrogens with zero attached hydrogens (tertiary/aromatic N) is 2. The fourth-order valence-electron chi connectivity index (χ4n) is 1.90. The average Bonchev–Trinajstić information content (AvgIpc) is 2.48. The smallest absolute Gasteiger partial charge is 0.271 e. The summed E-state index contributed by atoms with van der Waals surface area (Å²) in [7, 11) is 3.62. The van der Waals surface area contributed by atoms with Gasteiger partial charge in [0.25, 0.3) is 11.6 Å². The number of hydrogen-bond donors (Lipinski definition) is 2. The van der Waals surface area contributed by atoms with E-state index in [1.165, 1.54) is 24.3 Å². The number of aromatic hydroxyl groups is 1. The zero-order valence-electron chi connectivity index (χ0n) is 12.4. The monoisotopic (exact) mass is 335 g/mol. The van der Waals surface area contributed by atoms with Crippen LogP contribution in [0.4, 0.5) is 17.1 Å². The number of amides is 1. The second-order valence-corrected chi connectivity index (χ2v) is 5.38. The Hall–Kier alpha value is -2.80. The van der Waals surface area contributed by atoms with Crippen molar-refractivity contribution in [2.24, 2.45) is 0 Å². The Morgan fingerprint density at radius 2 is 1.96 bits per heavy atom. The van der Waals surface area contributed by atoms with Gasteiger partial charge in [0.15, 0.2) is 0 Å². The highest BCUT2D eigenvalue weighted by Gasteiger charge is 2.15. The topological polar surface area (TPSA) is 95.7 Å². The molecule has 0 spiro atoms. The van der Waals surface area contributed by atoms with Crippen molar-refractivity contribution in [2.45, 2.75) is 0 Å². The van der Waals surface area contributed by atoms with Crippen molar-refractivity contribution in [3.8, 4) is 5.75 Å². The van der Waals surface area contributed by atoms with Gasteiger partial charge in [-0.15, -0.1) is 0 Å². The Bertz CT molecular complexity index is 777. The number of nitro benzene ring substituents is 1. The first-order valence-corrected chi connectivity index (χ1v) is 6.93. The summed E-state index contributed by atoms with van der Waals surface area (Å²) in [6.07, 6.45) is 0. The van der Waals surface area contributed by atoms with Gasteiger partial charge in [0.2, 0.25) is 0 Å². The number of nitro groups is 1. The van der Waals surface area contributed by atoms with Gasteiger partial charge in [0, 0.05) is 38.0 Å². The summed E-state index contributed by atoms with van der Waals surface area (Å²) in [6, 6.07) is 8.35. The summed E-state index contributed by atoms with van der Waals surface area (Å²) < 4.78 is 0. The fraction of sp³-hybridized carbons (Fsp3) is 0.133. The van der Waals surface area contributed by atoms with E-state index in [9.17, 15) is 20.0 Å². The van der Waals surface area contributed by atoms with Crippen LogP contribution in [0.15, 0.2) is 36.4 Å². The summed E-state index contributed by atoms with van der Waals surface area (Å²) in [6.45, 7) is 0. The van der Waals surface area contributed by atoms with Gasteiger partial charge in [0.1, 0.15) is 5.75 Å². The summed E-state index contributed by atoms with van der Waals surface area (Å²) in [5.41, 5.74) is 0.863. The number of phenolic OH excluding ortho intramolecular Hbond substituents is 1. The van der Waals surface area contributed by atoms with Crippen LogP contribution in [0.3, 0.4) is 0 Å². The van der Waals surface area contributed by atoms with E-state index in [4.69, 9.17) is 11.6 Å². The van der Waals surface area contributed by atoms with Crippen LogP contribution in [0, 0.1) is 10.1 Å². The lowest BCUT2D eigenvalue weighted by Crippen LogP contribution is -2.14. The van der Waals surface area contributed by atoms with Crippen LogP contribution in [-0.2, 0) is 0 Å². The maximum Gasteiger partial charge on any atom is 0.271 e. The van der Waals surface area contributed by atoms with Crippen LogP contribution in [0.1, 0.15) is 10.4 Å². The number of anilines is 2. The normalized spacial score (nSPS) is 10.2. The van der Waals surface area contributed by atoms with E-state index in [2.05, 4.69) is 5.32 Å². The van der Waals surface area contributed by atoms with Crippen LogP contribution < -0.4 is 10.2 Å². The number of non-ortho nitro benzene ring substituents is 1. The van der Waals surface area contributed by atoms with Crippen molar-refractivity contribution in [3.05, 3.63) is 57.1 Å². The van der Waals surface area contributed by atoms with E-state index in [0.29, 0.717) is 0 Å². The van der Waals surface area contributed by atoms with E-state index in [1.807, 2.05) is 14.1 Å². The van der Waals surface area contributed by atoms with Gasteiger partial charge in [-0.1, -0.05) is 11.6 Å². The van der Waals surface area contributed by atoms with Gasteiger partial charge in [-0.05, 0) is 18.2 Å². The average molecular weight is 336 g/mol. The predicted molar refractivity (Wildman–Crippen MR) is 88.5 cm³/mol. The second kappa shape index (κ2) is 6.53. The van der Waals surface area contributed by atoms with Gasteiger partial charge < -0.3 is 15.3 Å². The molecule has 0 aliphatic carbocycles. The molecule has 2 rings (SSSR count). The first kappa shape index (κ1) is 16.6. The van der Waals surface area contributed by atoms with Crippen LogP contribution in [0.5, 0.6) is 5.75 Å². The summed E-state index contributed by atoms with van der Waals surface area (Å²) in [5.74, 6) is -0.740. The SMILES string of the molecule is CN(C)c1ccc(C(=O)Nc2ccc([N+](=O)[O-])cc2Cl)c(O)c1. The quantitative estimate of drug-likeness (QED) is 0.660. The molecular formula is C15H14ClN3O4. The van der Waals surface area contributed by atoms with E-state index in [1.54, 1.807) is 11.0 Å². The Morgan fingerprint density at radius 1 is 1.26 bits per heavy atom. The molecule has 0 fully saturated rings. The molecule has 8 heteroatoms. The van der Waals surface area contributed by atoms with Crippen molar-refractivity contribution in [1.82, 2.24) is 0 Å². The molecule has 0 unspecified atom stereocenters. The van der Waals surface area contributed by atoms with Gasteiger partial charge in [-0.25, -0.2) is 0 Å². The molecule has 0 bridgehead atoms. The maximum absolute atomic E-state index is 12.2. The molecule has 2 aromatic carbocycles. The van der Waals surface area contributed by atoms with E-state index >= 15 is 0 Å². The van der Waals surface area contributed by atoms with Crippen molar-refractivity contribution in [2.75, 3.05) is 24.3 Å². The maximum atomic E-state index is 12.2. The van der Waals surface area contributed by atoms with Crippen molar-refractivity contribution in [3.63, 3.8) is 0 Å². The third kappa shape index (κ3) is 3.70. The third-order valence-electron chi connectivity index (χ3n) is 3.15. The first-order valence-electron chi connectivity index (χ1n) is 6.55. The minimum absolute atomic E-state index is 0.0388. The molecule has 23 heavy (non-hydrogen) atoms. The highest BCUT2D eigenvalue weighted by molar-refractivity contribution is 6.34. The standard InChI is InChI=1S/C15H14ClN3O4/c1-18(2)9-3-5-11(14(20)8-9)15(21)17-13-6-4-10(19(22)23)7-12(13)16/h3-8,20H,1-2H3,(H,17,21). The molecule has 0 atom stereocenters. The van der Waals surface area contributed by atoms with Gasteiger partial charge >= 0.3 is 0 Å². The molecular weight excluding hydrogens is 322 g/mol. The van der Waals surface area contributed by atoms with Crippen molar-refractivity contribution in [1.29, 1.82) is 0 Å². The molecule has 1 amide bonds. The summed E-state index contributed by atoms with van der Waals surface area (Å²) in [5, 5.41) is 23.2. The highest BCUT2D eigenvalue weighted by Crippen LogP contribution is 2.29. The molecule has 2 N–H and O–H groups in total. The molecule has 0 saturated heterocycles. The number of rotatable bonds is 4. The Balaban J connectivity index is 2.24. The van der Waals surface area contributed by atoms with E-state index in [-0.39, 0.29) is 27.7 Å². The number of benzene rings is 2. The first-order chi connectivity index (χ1) is 10.8. The second-order valence-electron chi connectivity index (χ2n) is 4.97. The Labute approximate surface area is 137 Å². The van der Waals surface area contributed by atoms with E-state index in [0.717, 1.165) is 11.8 Å². The highest BCUT2D eigenvalue weighted by atomic mass is 35.5. The zero-order valence-corrected chi connectivity index (χ0v) is 13.2. The Morgan fingerprint density at radius 3 is 2.48 bits per heavy atom. The predicted octanol–water partition coefficient (Wildman–Crippen LogP) is 3.27. The number of carbonyl (C=O) groups excluding carboxylic acids is 1. The van der Waals surface area contributed by atoms with E-state index < -0.39 is 10.8 Å². The van der Waals surface area contributed by atoms with Gasteiger partial charge in [-0.2, -0.15) is 0 Å². The van der Waals surface area contributed by atoms with Crippen molar-refractivity contribution < 1.29 is 14.8 Å². The molecule has 0 aromatic heterocycles. The van der Waals surface area contributed by atoms with Gasteiger partial charge in [-0.3, -0.25) is 14.9 Å². The molecule has 2 aromatic rings. The Kier molecular flexibility index (Phi) is 4.71. The lowest BCUT2D eigenvalue weighted by Gasteiger charge is -2.14. The van der Waals surface area contributed by atoms with Crippen LogP contribution in [0.25, 0.3) is 0 Å². The van der Waals surface area contributed by atoms with Crippen LogP contribution >= 0.6 is 11.6 Å². The summed E-state index contributed by atoms with van der Waals surface area (Å²) in [4.78, 5) is 24.1. The minimum atomic E-state index is -0.580. The molecule has 120 valence electrons. The van der Waals surface area contributed by atoms with Crippen molar-refractivity contribution >= 4 is 34.6 Å². The number of phenols is 1. The van der Waals surface area contributed by atoms with Gasteiger partial charge in [0.05, 0.1) is 21.2 Å². The lowest BCUT2D eigenvalue weighted by molar-refractivity contribution is -0.384. The third-order valence-corrected chi connectivity index (χ3v) is 3.47. The zero-order chi connectivity index (χ0) is 17.1. The lowest BCUT2D eigenvalue weighted by atomic mass is 10.1. The van der Waals surface area contributed by atoms with Crippen LogP contribution in [-0.4, -0.2) is 30.0 Å². The number of hydrogen-bond acceptors (Lipinski definition) is 5. The molecule has 7 nitrogen and oxygen atoms in total. The fourth-order valence-corrected chi connectivity index (χ4v) is 2.12. The molecule has 0 aliphatic heterocycles. The number of nitrogens with one attached hydrogen (secondary N) is 1. The largest absolute Gasteiger partial charge is 0.507 e. The molecule has 0 saturated carbocycles. The molecule has 0 heterocycles. The number of halogens is 1. The molecule has 0 radical (unpaired) electrons.